The second-order valence-corrected chi connectivity index (χ2v) is 1.95. The molecule has 1 aromatic carbocycles. The number of ether oxygens (including phenoxy) is 1. The molecule has 0 heterocycles. The molecule has 0 aromatic heterocycles. The van der Waals surface area contributed by atoms with Gasteiger partial charge in [-0.1, -0.05) is 12.1 Å². The third kappa shape index (κ3) is 2.71. The van der Waals surface area contributed by atoms with Crippen molar-refractivity contribution < 1.29 is 9.53 Å². The molecule has 0 aliphatic heterocycles. The lowest BCUT2D eigenvalue weighted by molar-refractivity contribution is -0.120. The number of hydrogen-bond acceptors (Lipinski definition) is 2. The number of carbonyl (C=O) groups excluding carboxylic acids is 1. The molecule has 56 valence electrons. The van der Waals surface area contributed by atoms with Crippen molar-refractivity contribution in [3.05, 3.63) is 30.3 Å². The van der Waals surface area contributed by atoms with Gasteiger partial charge in [0.05, 0.1) is 0 Å². The standard InChI is InChI=1S/C8H7NO2/c9-8(10)6-11-7-4-2-1-3-5-7/h2-5,9H,6H2. The van der Waals surface area contributed by atoms with E-state index in [4.69, 9.17) is 10.5 Å². The predicted octanol–water partition coefficient (Wildman–Crippen LogP) is 0.675. The lowest BCUT2D eigenvalue weighted by atomic mass is 10.3. The number of carbonyl (C=O) groups is 1. The van der Waals surface area contributed by atoms with Gasteiger partial charge in [0, 0.05) is 0 Å². The third-order valence-corrected chi connectivity index (χ3v) is 1.06. The fourth-order valence-electron chi connectivity index (χ4n) is 0.617. The van der Waals surface area contributed by atoms with Crippen LogP contribution in [0.15, 0.2) is 24.3 Å². The van der Waals surface area contributed by atoms with Crippen LogP contribution in [0.1, 0.15) is 0 Å². The molecule has 0 atom stereocenters. The summed E-state index contributed by atoms with van der Waals surface area (Å²) in [6, 6.07) is 9.54. The molecule has 0 unspecified atom stereocenters. The van der Waals surface area contributed by atoms with Crippen LogP contribution in [0.3, 0.4) is 0 Å². The maximum atomic E-state index is 10.2. The Labute approximate surface area is 64.8 Å². The Morgan fingerprint density at radius 3 is 2.73 bits per heavy atom. The van der Waals surface area contributed by atoms with Gasteiger partial charge in [-0.25, -0.2) is 0 Å². The second-order valence-electron chi connectivity index (χ2n) is 1.95. The minimum Gasteiger partial charge on any atom is -0.484 e. The molecule has 0 spiro atoms. The molecule has 0 aliphatic carbocycles. The maximum Gasteiger partial charge on any atom is 0.276 e. The summed E-state index contributed by atoms with van der Waals surface area (Å²) in [6.45, 7) is -0.190. The highest BCUT2D eigenvalue weighted by atomic mass is 16.5. The Bertz CT molecular complexity index is 233. The van der Waals surface area contributed by atoms with Gasteiger partial charge in [0.2, 0.25) is 0 Å². The average molecular weight is 149 g/mol. The van der Waals surface area contributed by atoms with Gasteiger partial charge >= 0.3 is 0 Å². The first-order chi connectivity index (χ1) is 5.29. The first-order valence-corrected chi connectivity index (χ1v) is 3.12. The fourth-order valence-corrected chi connectivity index (χ4v) is 0.617. The second kappa shape index (κ2) is 3.61. The smallest absolute Gasteiger partial charge is 0.276 e. The topological polar surface area (TPSA) is 50.1 Å². The molecule has 1 N–H and O–H groups in total. The van der Waals surface area contributed by atoms with Crippen molar-refractivity contribution in [3.8, 4) is 5.75 Å². The Morgan fingerprint density at radius 2 is 2.18 bits per heavy atom. The first kappa shape index (κ1) is 7.60. The normalized spacial score (nSPS) is 9.09. The van der Waals surface area contributed by atoms with E-state index in [-0.39, 0.29) is 6.61 Å². The molecule has 11 heavy (non-hydrogen) atoms. The maximum absolute atomic E-state index is 10.2. The predicted molar refractivity (Wildman–Crippen MR) is 38.9 cm³/mol. The first-order valence-electron chi connectivity index (χ1n) is 3.12. The van der Waals surface area contributed by atoms with E-state index < -0.39 is 5.91 Å². The third-order valence-electron chi connectivity index (χ3n) is 1.06. The minimum atomic E-state index is -0.724. The number of amides is 1. The van der Waals surface area contributed by atoms with E-state index in [1.54, 1.807) is 24.3 Å². The van der Waals surface area contributed by atoms with Crippen LogP contribution in [0.2, 0.25) is 0 Å². The molecule has 0 saturated carbocycles. The lowest BCUT2D eigenvalue weighted by Gasteiger charge is -2.00. The van der Waals surface area contributed by atoms with Gasteiger partial charge in [-0.3, -0.25) is 10.5 Å². The summed E-state index contributed by atoms with van der Waals surface area (Å²) in [5, 5.41) is 0. The Kier molecular flexibility index (Phi) is 2.49. The molecular weight excluding hydrogens is 142 g/mol. The highest BCUT2D eigenvalue weighted by Crippen LogP contribution is 2.06. The molecule has 1 amide bonds. The summed E-state index contributed by atoms with van der Waals surface area (Å²) >= 11 is 0. The van der Waals surface area contributed by atoms with Gasteiger partial charge in [0.25, 0.3) is 5.91 Å². The van der Waals surface area contributed by atoms with Crippen molar-refractivity contribution >= 4 is 5.91 Å². The zero-order chi connectivity index (χ0) is 8.10. The fraction of sp³-hybridized carbons (Fsp3) is 0.125. The monoisotopic (exact) mass is 149 g/mol. The molecule has 0 saturated heterocycles. The summed E-state index contributed by atoms with van der Waals surface area (Å²) in [6.07, 6.45) is 0. The van der Waals surface area contributed by atoms with Gasteiger partial charge in [-0.15, -0.1) is 0 Å². The highest BCUT2D eigenvalue weighted by molar-refractivity contribution is 5.74. The van der Waals surface area contributed by atoms with E-state index in [2.05, 4.69) is 6.07 Å². The Hall–Kier alpha value is -1.51. The number of nitrogens with one attached hydrogen (secondary N) is 1. The van der Waals surface area contributed by atoms with Gasteiger partial charge in [0.1, 0.15) is 5.75 Å². The van der Waals surface area contributed by atoms with Gasteiger partial charge in [-0.2, -0.15) is 0 Å². The molecular formula is C8H7NO2. The number of rotatable bonds is 3. The summed E-state index contributed by atoms with van der Waals surface area (Å²) in [7, 11) is 0. The van der Waals surface area contributed by atoms with Gasteiger partial charge < -0.3 is 4.74 Å². The Balaban J connectivity index is 2.45. The van der Waals surface area contributed by atoms with E-state index in [0.29, 0.717) is 5.75 Å². The van der Waals surface area contributed by atoms with E-state index in [0.717, 1.165) is 0 Å². The van der Waals surface area contributed by atoms with Crippen LogP contribution in [-0.4, -0.2) is 12.5 Å². The average Bonchev–Trinajstić information content (AvgIpc) is 2.03. The molecule has 3 nitrogen and oxygen atoms in total. The van der Waals surface area contributed by atoms with Crippen LogP contribution < -0.4 is 10.5 Å². The Morgan fingerprint density at radius 1 is 1.55 bits per heavy atom. The van der Waals surface area contributed by atoms with Crippen LogP contribution in [-0.2, 0) is 4.79 Å². The van der Waals surface area contributed by atoms with Crippen LogP contribution >= 0.6 is 0 Å². The van der Waals surface area contributed by atoms with E-state index in [1.807, 2.05) is 0 Å². The summed E-state index contributed by atoms with van der Waals surface area (Å²) < 4.78 is 4.91. The highest BCUT2D eigenvalue weighted by Gasteiger charge is 1.95. The molecule has 1 rings (SSSR count). The summed E-state index contributed by atoms with van der Waals surface area (Å²) in [4.78, 5) is 10.2. The van der Waals surface area contributed by atoms with Crippen LogP contribution in [0.25, 0.3) is 0 Å². The molecule has 3 heteroatoms. The van der Waals surface area contributed by atoms with Gasteiger partial charge in [0.15, 0.2) is 6.61 Å². The molecule has 1 aromatic rings. The summed E-state index contributed by atoms with van der Waals surface area (Å²) in [5.41, 5.74) is 6.56. The van der Waals surface area contributed by atoms with Gasteiger partial charge in [-0.05, 0) is 18.2 Å². The van der Waals surface area contributed by atoms with Crippen molar-refractivity contribution in [2.24, 2.45) is 0 Å². The number of hydrogen-bond donors (Lipinski definition) is 0. The van der Waals surface area contributed by atoms with E-state index >= 15 is 0 Å². The van der Waals surface area contributed by atoms with E-state index in [9.17, 15) is 4.79 Å². The zero-order valence-electron chi connectivity index (χ0n) is 5.83. The summed E-state index contributed by atoms with van der Waals surface area (Å²) in [5.74, 6) is -0.137. The van der Waals surface area contributed by atoms with Crippen LogP contribution in [0, 0.1) is 6.07 Å². The van der Waals surface area contributed by atoms with Crippen molar-refractivity contribution in [2.75, 3.05) is 6.61 Å². The molecule has 0 aliphatic rings. The molecule has 0 fully saturated rings. The quantitative estimate of drug-likeness (QED) is 0.634. The largest absolute Gasteiger partial charge is 0.484 e. The lowest BCUT2D eigenvalue weighted by Crippen LogP contribution is -2.10. The zero-order valence-corrected chi connectivity index (χ0v) is 5.83. The molecule has 2 radical (unpaired) electrons. The van der Waals surface area contributed by atoms with Crippen molar-refractivity contribution in [3.63, 3.8) is 0 Å². The van der Waals surface area contributed by atoms with Crippen molar-refractivity contribution in [1.29, 1.82) is 0 Å². The van der Waals surface area contributed by atoms with Crippen molar-refractivity contribution in [2.45, 2.75) is 0 Å². The SMILES string of the molecule is [NH]C(=O)COc1cc[c]cc1. The van der Waals surface area contributed by atoms with Crippen LogP contribution in [0.5, 0.6) is 5.75 Å². The van der Waals surface area contributed by atoms with Crippen LogP contribution in [0.4, 0.5) is 0 Å². The number of benzene rings is 1. The minimum absolute atomic E-state index is 0.190. The van der Waals surface area contributed by atoms with E-state index in [1.165, 1.54) is 0 Å². The van der Waals surface area contributed by atoms with Crippen molar-refractivity contribution in [1.82, 2.24) is 5.73 Å². The molecule has 0 bridgehead atoms.